The van der Waals surface area contributed by atoms with Crippen molar-refractivity contribution in [2.45, 2.75) is 38.8 Å². The number of phenolic OH excluding ortho intramolecular Hbond substituents is 1. The number of furan rings is 1. The second-order valence-electron chi connectivity index (χ2n) is 5.11. The van der Waals surface area contributed by atoms with E-state index in [0.29, 0.717) is 5.56 Å². The van der Waals surface area contributed by atoms with Gasteiger partial charge in [0.2, 0.25) is 0 Å². The van der Waals surface area contributed by atoms with Crippen LogP contribution in [-0.4, -0.2) is 11.1 Å². The first-order valence-electron chi connectivity index (χ1n) is 6.83. The van der Waals surface area contributed by atoms with Crippen molar-refractivity contribution >= 4 is 0 Å². The van der Waals surface area contributed by atoms with Crippen molar-refractivity contribution in [2.75, 3.05) is 0 Å². The smallest absolute Gasteiger partial charge is 0.123 e. The van der Waals surface area contributed by atoms with E-state index in [9.17, 15) is 9.50 Å². The minimum Gasteiger partial charge on any atom is -0.508 e. The first kappa shape index (κ1) is 14.6. The molecule has 0 bridgehead atoms. The zero-order chi connectivity index (χ0) is 14.5. The van der Waals surface area contributed by atoms with Crippen LogP contribution in [0.25, 0.3) is 0 Å². The van der Waals surface area contributed by atoms with E-state index < -0.39 is 0 Å². The Kier molecular flexibility index (Phi) is 4.79. The summed E-state index contributed by atoms with van der Waals surface area (Å²) in [5, 5.41) is 13.1. The Balaban J connectivity index is 1.89. The van der Waals surface area contributed by atoms with Crippen LogP contribution in [0.4, 0.5) is 4.39 Å². The number of phenols is 1. The van der Waals surface area contributed by atoms with Gasteiger partial charge in [0.15, 0.2) is 0 Å². The fraction of sp³-hybridized carbons (Fsp3) is 0.375. The zero-order valence-electron chi connectivity index (χ0n) is 11.8. The quantitative estimate of drug-likeness (QED) is 0.844. The molecule has 1 heterocycles. The average Bonchev–Trinajstić information content (AvgIpc) is 2.92. The van der Waals surface area contributed by atoms with Crippen LogP contribution in [0.5, 0.6) is 5.75 Å². The number of aryl methyl sites for hydroxylation is 1. The molecular weight excluding hydrogens is 257 g/mol. The van der Waals surface area contributed by atoms with Gasteiger partial charge in [0.25, 0.3) is 0 Å². The Morgan fingerprint density at radius 2 is 2.10 bits per heavy atom. The van der Waals surface area contributed by atoms with Gasteiger partial charge in [-0.15, -0.1) is 0 Å². The first-order chi connectivity index (χ1) is 9.56. The lowest BCUT2D eigenvalue weighted by atomic mass is 10.0. The van der Waals surface area contributed by atoms with E-state index in [4.69, 9.17) is 4.42 Å². The van der Waals surface area contributed by atoms with Gasteiger partial charge < -0.3 is 14.8 Å². The summed E-state index contributed by atoms with van der Waals surface area (Å²) < 4.78 is 18.5. The third kappa shape index (κ3) is 3.84. The van der Waals surface area contributed by atoms with Crippen molar-refractivity contribution in [3.63, 3.8) is 0 Å². The van der Waals surface area contributed by atoms with Crippen molar-refractivity contribution in [2.24, 2.45) is 0 Å². The molecule has 108 valence electrons. The van der Waals surface area contributed by atoms with E-state index in [-0.39, 0.29) is 23.7 Å². The fourth-order valence-corrected chi connectivity index (χ4v) is 2.29. The molecule has 1 aromatic heterocycles. The van der Waals surface area contributed by atoms with Crippen LogP contribution < -0.4 is 5.32 Å². The number of aromatic hydroxyl groups is 1. The highest BCUT2D eigenvalue weighted by Crippen LogP contribution is 2.25. The molecule has 0 aliphatic heterocycles. The predicted octanol–water partition coefficient (Wildman–Crippen LogP) is 3.80. The molecule has 0 amide bonds. The lowest BCUT2D eigenvalue weighted by Gasteiger charge is -2.21. The third-order valence-electron chi connectivity index (χ3n) is 3.39. The highest BCUT2D eigenvalue weighted by molar-refractivity contribution is 5.34. The van der Waals surface area contributed by atoms with Crippen LogP contribution >= 0.6 is 0 Å². The summed E-state index contributed by atoms with van der Waals surface area (Å²) >= 11 is 0. The van der Waals surface area contributed by atoms with Gasteiger partial charge in [0.1, 0.15) is 17.3 Å². The molecule has 4 heteroatoms. The molecule has 0 saturated heterocycles. The molecule has 0 saturated carbocycles. The highest BCUT2D eigenvalue weighted by atomic mass is 19.1. The van der Waals surface area contributed by atoms with Crippen LogP contribution in [0.15, 0.2) is 41.0 Å². The Labute approximate surface area is 118 Å². The summed E-state index contributed by atoms with van der Waals surface area (Å²) in [7, 11) is 0. The fourth-order valence-electron chi connectivity index (χ4n) is 2.29. The van der Waals surface area contributed by atoms with E-state index >= 15 is 0 Å². The van der Waals surface area contributed by atoms with Crippen molar-refractivity contribution in [1.82, 2.24) is 5.32 Å². The summed E-state index contributed by atoms with van der Waals surface area (Å²) in [6, 6.07) is 7.96. The number of hydrogen-bond acceptors (Lipinski definition) is 3. The molecular formula is C16H20FNO2. The molecule has 0 spiro atoms. The molecule has 1 aromatic carbocycles. The van der Waals surface area contributed by atoms with Crippen molar-refractivity contribution in [1.29, 1.82) is 0 Å². The number of halogens is 1. The molecule has 2 rings (SSSR count). The maximum atomic E-state index is 13.2. The maximum Gasteiger partial charge on any atom is 0.123 e. The van der Waals surface area contributed by atoms with Crippen molar-refractivity contribution in [3.8, 4) is 5.75 Å². The summed E-state index contributed by atoms with van der Waals surface area (Å²) in [6.45, 7) is 3.98. The van der Waals surface area contributed by atoms with Gasteiger partial charge in [0.05, 0.1) is 6.26 Å². The van der Waals surface area contributed by atoms with Crippen LogP contribution in [0.3, 0.4) is 0 Å². The standard InChI is InChI=1S/C16H20FNO2/c1-11(5-7-14-4-3-9-20-14)18-12(2)15-10-13(17)6-8-16(15)19/h3-4,6,8-12,18-19H,5,7H2,1-2H3. The van der Waals surface area contributed by atoms with Gasteiger partial charge in [-0.1, -0.05) is 0 Å². The van der Waals surface area contributed by atoms with E-state index in [0.717, 1.165) is 18.6 Å². The lowest BCUT2D eigenvalue weighted by Crippen LogP contribution is -2.29. The normalized spacial score (nSPS) is 14.2. The van der Waals surface area contributed by atoms with Crippen molar-refractivity contribution < 1.29 is 13.9 Å². The molecule has 0 aliphatic carbocycles. The van der Waals surface area contributed by atoms with Gasteiger partial charge in [-0.2, -0.15) is 0 Å². The number of benzene rings is 1. The van der Waals surface area contributed by atoms with Crippen LogP contribution in [0.2, 0.25) is 0 Å². The maximum absolute atomic E-state index is 13.2. The molecule has 0 radical (unpaired) electrons. The first-order valence-corrected chi connectivity index (χ1v) is 6.83. The molecule has 2 N–H and O–H groups in total. The molecule has 20 heavy (non-hydrogen) atoms. The molecule has 3 nitrogen and oxygen atoms in total. The van der Waals surface area contributed by atoms with Gasteiger partial charge in [-0.05, 0) is 50.6 Å². The van der Waals surface area contributed by atoms with Crippen LogP contribution in [0.1, 0.15) is 37.6 Å². The Hall–Kier alpha value is -1.81. The van der Waals surface area contributed by atoms with Gasteiger partial charge >= 0.3 is 0 Å². The SMILES string of the molecule is CC(CCc1ccco1)NC(C)c1cc(F)ccc1O. The highest BCUT2D eigenvalue weighted by Gasteiger charge is 2.14. The topological polar surface area (TPSA) is 45.4 Å². The third-order valence-corrected chi connectivity index (χ3v) is 3.39. The van der Waals surface area contributed by atoms with Gasteiger partial charge in [0, 0.05) is 24.1 Å². The van der Waals surface area contributed by atoms with Crippen LogP contribution in [-0.2, 0) is 6.42 Å². The Bertz CT molecular complexity index is 539. The van der Waals surface area contributed by atoms with E-state index in [1.165, 1.54) is 18.2 Å². The Morgan fingerprint density at radius 1 is 1.30 bits per heavy atom. The second-order valence-corrected chi connectivity index (χ2v) is 5.11. The molecule has 0 aliphatic rings. The minimum atomic E-state index is -0.338. The lowest BCUT2D eigenvalue weighted by molar-refractivity contribution is 0.411. The van der Waals surface area contributed by atoms with E-state index in [1.807, 2.05) is 19.1 Å². The van der Waals surface area contributed by atoms with Gasteiger partial charge in [-0.3, -0.25) is 0 Å². The second kappa shape index (κ2) is 6.57. The summed E-state index contributed by atoms with van der Waals surface area (Å²) in [4.78, 5) is 0. The van der Waals surface area contributed by atoms with Gasteiger partial charge in [-0.25, -0.2) is 4.39 Å². The molecule has 2 unspecified atom stereocenters. The summed E-state index contributed by atoms with van der Waals surface area (Å²) in [6.07, 6.45) is 3.43. The predicted molar refractivity (Wildman–Crippen MR) is 76.1 cm³/mol. The average molecular weight is 277 g/mol. The minimum absolute atomic E-state index is 0.114. The molecule has 0 fully saturated rings. The summed E-state index contributed by atoms with van der Waals surface area (Å²) in [5.41, 5.74) is 0.579. The number of rotatable bonds is 6. The van der Waals surface area contributed by atoms with Crippen LogP contribution in [0, 0.1) is 5.82 Å². The monoisotopic (exact) mass is 277 g/mol. The van der Waals surface area contributed by atoms with E-state index in [2.05, 4.69) is 12.2 Å². The number of hydrogen-bond donors (Lipinski definition) is 2. The number of nitrogens with one attached hydrogen (secondary N) is 1. The molecule has 2 aromatic rings. The largest absolute Gasteiger partial charge is 0.508 e. The Morgan fingerprint density at radius 3 is 2.80 bits per heavy atom. The van der Waals surface area contributed by atoms with E-state index in [1.54, 1.807) is 6.26 Å². The molecule has 2 atom stereocenters. The zero-order valence-corrected chi connectivity index (χ0v) is 11.8. The summed E-state index contributed by atoms with van der Waals surface area (Å²) in [5.74, 6) is 0.735. The van der Waals surface area contributed by atoms with Crippen molar-refractivity contribution in [3.05, 3.63) is 53.7 Å².